The van der Waals surface area contributed by atoms with Crippen molar-refractivity contribution in [2.75, 3.05) is 25.0 Å². The maximum absolute atomic E-state index is 13.2. The molecule has 32 heavy (non-hydrogen) atoms. The molecule has 1 fully saturated rings. The van der Waals surface area contributed by atoms with E-state index in [1.54, 1.807) is 12.1 Å². The molecule has 1 N–H and O–H groups in total. The van der Waals surface area contributed by atoms with Crippen LogP contribution in [-0.4, -0.2) is 47.1 Å². The van der Waals surface area contributed by atoms with Crippen LogP contribution in [-0.2, 0) is 10.0 Å². The summed E-state index contributed by atoms with van der Waals surface area (Å²) in [5.74, 6) is 0.643. The molecule has 0 unspecified atom stereocenters. The van der Waals surface area contributed by atoms with Gasteiger partial charge in [0.15, 0.2) is 5.65 Å². The van der Waals surface area contributed by atoms with Crippen LogP contribution in [0.3, 0.4) is 0 Å². The Morgan fingerprint density at radius 1 is 1.12 bits per heavy atom. The predicted molar refractivity (Wildman–Crippen MR) is 131 cm³/mol. The Morgan fingerprint density at radius 2 is 1.84 bits per heavy atom. The zero-order chi connectivity index (χ0) is 22.9. The van der Waals surface area contributed by atoms with E-state index in [9.17, 15) is 8.42 Å². The summed E-state index contributed by atoms with van der Waals surface area (Å²) >= 11 is 0. The van der Waals surface area contributed by atoms with Crippen molar-refractivity contribution in [3.05, 3.63) is 24.4 Å². The van der Waals surface area contributed by atoms with Crippen LogP contribution in [0.15, 0.2) is 29.3 Å². The van der Waals surface area contributed by atoms with Gasteiger partial charge in [-0.05, 0) is 50.8 Å². The third kappa shape index (κ3) is 4.22. The molecule has 1 aliphatic carbocycles. The number of nitrogens with zero attached hydrogens (tertiary/aromatic N) is 4. The molecule has 4 rings (SSSR count). The Balaban J connectivity index is 1.85. The summed E-state index contributed by atoms with van der Waals surface area (Å²) in [5, 5.41) is 10.1. The number of aromatic nitrogens is 3. The van der Waals surface area contributed by atoms with Crippen molar-refractivity contribution in [3.63, 3.8) is 0 Å². The second-order valence-corrected chi connectivity index (χ2v) is 11.0. The highest BCUT2D eigenvalue weighted by Crippen LogP contribution is 2.34. The first-order chi connectivity index (χ1) is 15.4. The van der Waals surface area contributed by atoms with Crippen molar-refractivity contribution >= 4 is 37.6 Å². The lowest BCUT2D eigenvalue weighted by Crippen LogP contribution is -2.30. The number of sulfonamides is 1. The summed E-state index contributed by atoms with van der Waals surface area (Å²) < 4.78 is 29.8. The van der Waals surface area contributed by atoms with Crippen molar-refractivity contribution in [3.8, 4) is 0 Å². The monoisotopic (exact) mass is 457 g/mol. The smallest absolute Gasteiger partial charge is 0.243 e. The molecule has 0 saturated heterocycles. The van der Waals surface area contributed by atoms with Crippen molar-refractivity contribution in [2.45, 2.75) is 70.7 Å². The number of anilines is 1. The summed E-state index contributed by atoms with van der Waals surface area (Å²) in [4.78, 5) is 5.19. The SMILES string of the molecule is CCN(CC)S(=O)(=O)c1ccc2nc3c(cnn3C(C)C)c(NCC3CCCCC3)c2c1. The summed E-state index contributed by atoms with van der Waals surface area (Å²) in [6.45, 7) is 9.69. The fraction of sp³-hybridized carbons (Fsp3) is 0.583. The molecule has 2 heterocycles. The van der Waals surface area contributed by atoms with E-state index in [1.807, 2.05) is 30.8 Å². The van der Waals surface area contributed by atoms with Gasteiger partial charge < -0.3 is 5.32 Å². The van der Waals surface area contributed by atoms with E-state index in [1.165, 1.54) is 36.4 Å². The van der Waals surface area contributed by atoms with Gasteiger partial charge in [-0.1, -0.05) is 33.1 Å². The van der Waals surface area contributed by atoms with Crippen LogP contribution in [0.1, 0.15) is 65.8 Å². The van der Waals surface area contributed by atoms with Crippen molar-refractivity contribution in [2.24, 2.45) is 5.92 Å². The first kappa shape index (κ1) is 23.0. The van der Waals surface area contributed by atoms with Gasteiger partial charge in [-0.2, -0.15) is 9.40 Å². The van der Waals surface area contributed by atoms with Gasteiger partial charge in [-0.3, -0.25) is 0 Å². The number of benzene rings is 1. The summed E-state index contributed by atoms with van der Waals surface area (Å²) in [6.07, 6.45) is 8.24. The summed E-state index contributed by atoms with van der Waals surface area (Å²) in [6, 6.07) is 5.47. The zero-order valence-electron chi connectivity index (χ0n) is 19.6. The largest absolute Gasteiger partial charge is 0.384 e. The van der Waals surface area contributed by atoms with Gasteiger partial charge in [0.2, 0.25) is 10.0 Å². The standard InChI is InChI=1S/C24H35N5O2S/c1-5-28(6-2)32(30,31)19-12-13-22-20(14-19)23(25-15-18-10-8-7-9-11-18)21-16-26-29(17(3)4)24(21)27-22/h12-14,16-18H,5-11,15H2,1-4H3,(H,25,27). The molecule has 1 saturated carbocycles. The molecular formula is C24H35N5O2S. The van der Waals surface area contributed by atoms with E-state index in [0.717, 1.165) is 34.2 Å². The molecule has 0 aliphatic heterocycles. The topological polar surface area (TPSA) is 80.1 Å². The van der Waals surface area contributed by atoms with Crippen LogP contribution in [0.5, 0.6) is 0 Å². The average Bonchev–Trinajstić information content (AvgIpc) is 3.21. The summed E-state index contributed by atoms with van der Waals surface area (Å²) in [5.41, 5.74) is 2.56. The fourth-order valence-electron chi connectivity index (χ4n) is 4.79. The van der Waals surface area contributed by atoms with E-state index in [4.69, 9.17) is 4.98 Å². The minimum atomic E-state index is -3.55. The molecule has 0 spiro atoms. The molecule has 7 nitrogen and oxygen atoms in total. The Hall–Kier alpha value is -2.19. The minimum Gasteiger partial charge on any atom is -0.384 e. The molecule has 2 aromatic heterocycles. The van der Waals surface area contributed by atoms with Gasteiger partial charge in [-0.15, -0.1) is 0 Å². The minimum absolute atomic E-state index is 0.186. The first-order valence-corrected chi connectivity index (χ1v) is 13.4. The van der Waals surface area contributed by atoms with Crippen molar-refractivity contribution in [1.29, 1.82) is 0 Å². The number of fused-ring (bicyclic) bond motifs is 2. The van der Waals surface area contributed by atoms with Gasteiger partial charge in [0.25, 0.3) is 0 Å². The molecule has 3 aromatic rings. The molecule has 1 aliphatic rings. The van der Waals surface area contributed by atoms with Crippen molar-refractivity contribution < 1.29 is 8.42 Å². The van der Waals surface area contributed by atoms with Crippen LogP contribution in [0.2, 0.25) is 0 Å². The highest BCUT2D eigenvalue weighted by Gasteiger charge is 2.24. The molecular weight excluding hydrogens is 422 g/mol. The van der Waals surface area contributed by atoms with Gasteiger partial charge in [-0.25, -0.2) is 18.1 Å². The lowest BCUT2D eigenvalue weighted by Gasteiger charge is -2.23. The van der Waals surface area contributed by atoms with E-state index in [-0.39, 0.29) is 6.04 Å². The fourth-order valence-corrected chi connectivity index (χ4v) is 6.28. The van der Waals surface area contributed by atoms with Crippen LogP contribution in [0, 0.1) is 5.92 Å². The molecule has 0 atom stereocenters. The third-order valence-corrected chi connectivity index (χ3v) is 8.67. The van der Waals surface area contributed by atoms with Crippen LogP contribution >= 0.6 is 0 Å². The average molecular weight is 458 g/mol. The normalized spacial score (nSPS) is 15.9. The lowest BCUT2D eigenvalue weighted by molar-refractivity contribution is 0.373. The maximum atomic E-state index is 13.2. The Bertz CT molecular complexity index is 1190. The predicted octanol–water partition coefficient (Wildman–Crippen LogP) is 5.19. The van der Waals surface area contributed by atoms with Crippen LogP contribution in [0.4, 0.5) is 5.69 Å². The molecule has 8 heteroatoms. The molecule has 1 aromatic carbocycles. The Morgan fingerprint density at radius 3 is 2.50 bits per heavy atom. The first-order valence-electron chi connectivity index (χ1n) is 11.9. The van der Waals surface area contributed by atoms with E-state index in [2.05, 4.69) is 24.3 Å². The van der Waals surface area contributed by atoms with Gasteiger partial charge in [0.1, 0.15) is 0 Å². The number of rotatable bonds is 8. The second-order valence-electron chi connectivity index (χ2n) is 9.06. The molecule has 0 bridgehead atoms. The highest BCUT2D eigenvalue weighted by atomic mass is 32.2. The highest BCUT2D eigenvalue weighted by molar-refractivity contribution is 7.89. The van der Waals surface area contributed by atoms with Crippen molar-refractivity contribution in [1.82, 2.24) is 19.1 Å². The quantitative estimate of drug-likeness (QED) is 0.504. The van der Waals surface area contributed by atoms with Crippen LogP contribution < -0.4 is 5.32 Å². The maximum Gasteiger partial charge on any atom is 0.243 e. The summed E-state index contributed by atoms with van der Waals surface area (Å²) in [7, 11) is -3.55. The van der Waals surface area contributed by atoms with Gasteiger partial charge >= 0.3 is 0 Å². The van der Waals surface area contributed by atoms with E-state index < -0.39 is 10.0 Å². The number of hydrogen-bond donors (Lipinski definition) is 1. The molecule has 0 radical (unpaired) electrons. The third-order valence-electron chi connectivity index (χ3n) is 6.63. The van der Waals surface area contributed by atoms with Gasteiger partial charge in [0.05, 0.1) is 27.7 Å². The number of nitrogens with one attached hydrogen (secondary N) is 1. The van der Waals surface area contributed by atoms with E-state index in [0.29, 0.717) is 23.9 Å². The molecule has 0 amide bonds. The second kappa shape index (κ2) is 9.35. The Labute approximate surface area is 191 Å². The lowest BCUT2D eigenvalue weighted by atomic mass is 9.89. The number of hydrogen-bond acceptors (Lipinski definition) is 5. The number of pyridine rings is 1. The van der Waals surface area contributed by atoms with Gasteiger partial charge in [0, 0.05) is 31.1 Å². The zero-order valence-corrected chi connectivity index (χ0v) is 20.5. The van der Waals surface area contributed by atoms with Crippen LogP contribution in [0.25, 0.3) is 21.9 Å². The molecule has 174 valence electrons. The Kier molecular flexibility index (Phi) is 6.72. The van der Waals surface area contributed by atoms with E-state index >= 15 is 0 Å².